The minimum atomic E-state index is -0.614. The van der Waals surface area contributed by atoms with Gasteiger partial charge in [0.25, 0.3) is 5.69 Å². The quantitative estimate of drug-likeness (QED) is 0.618. The third kappa shape index (κ3) is 2.80. The third-order valence-electron chi connectivity index (χ3n) is 3.33. The summed E-state index contributed by atoms with van der Waals surface area (Å²) in [4.78, 5) is 21.5. The topological polar surface area (TPSA) is 78.7 Å². The molecule has 1 heterocycles. The monoisotopic (exact) mass is 265 g/mol. The number of ether oxygens (including phenoxy) is 2. The molecule has 1 aromatic rings. The summed E-state index contributed by atoms with van der Waals surface area (Å²) >= 11 is 0. The Morgan fingerprint density at radius 2 is 1.84 bits per heavy atom. The van der Waals surface area contributed by atoms with Crippen molar-refractivity contribution >= 4 is 11.5 Å². The number of nitrogens with zero attached hydrogens (tertiary/aromatic N) is 1. The van der Waals surface area contributed by atoms with Crippen LogP contribution in [-0.4, -0.2) is 23.9 Å². The van der Waals surface area contributed by atoms with Gasteiger partial charge in [0.1, 0.15) is 5.78 Å². The number of Topliss-reactive ketones (excluding diaryl/α,β-unsaturated/α-hetero) is 1. The normalized spacial score (nSPS) is 26.9. The van der Waals surface area contributed by atoms with Crippen LogP contribution < -0.4 is 0 Å². The fraction of sp³-hybridized carbons (Fsp3) is 0.462. The summed E-state index contributed by atoms with van der Waals surface area (Å²) in [7, 11) is 0. The molecule has 2 rings (SSSR count). The lowest BCUT2D eigenvalue weighted by molar-refractivity contribution is -0.384. The summed E-state index contributed by atoms with van der Waals surface area (Å²) in [5.41, 5.74) is 0.112. The molecule has 0 aromatic heterocycles. The Morgan fingerprint density at radius 1 is 1.32 bits per heavy atom. The van der Waals surface area contributed by atoms with Gasteiger partial charge in [-0.3, -0.25) is 14.9 Å². The van der Waals surface area contributed by atoms with E-state index in [9.17, 15) is 14.9 Å². The molecule has 0 unspecified atom stereocenters. The first-order chi connectivity index (χ1) is 8.92. The second-order valence-corrected chi connectivity index (χ2v) is 4.92. The van der Waals surface area contributed by atoms with E-state index >= 15 is 0 Å². The highest BCUT2D eigenvalue weighted by Crippen LogP contribution is 2.32. The molecule has 0 N–H and O–H groups in total. The van der Waals surface area contributed by atoms with Crippen LogP contribution in [0.4, 0.5) is 5.69 Å². The molecule has 0 amide bonds. The number of benzene rings is 1. The Kier molecular flexibility index (Phi) is 3.64. The molecule has 1 aliphatic rings. The molecule has 1 saturated heterocycles. The molecular weight excluding hydrogens is 250 g/mol. The molecule has 1 fully saturated rings. The summed E-state index contributed by atoms with van der Waals surface area (Å²) in [6.07, 6.45) is -0.576. The van der Waals surface area contributed by atoms with E-state index in [-0.39, 0.29) is 24.7 Å². The van der Waals surface area contributed by atoms with Crippen molar-refractivity contribution in [3.05, 3.63) is 39.9 Å². The van der Waals surface area contributed by atoms with Gasteiger partial charge >= 0.3 is 0 Å². The summed E-state index contributed by atoms with van der Waals surface area (Å²) in [6, 6.07) is 6.00. The first-order valence-corrected chi connectivity index (χ1v) is 5.91. The van der Waals surface area contributed by atoms with Gasteiger partial charge in [0.05, 0.1) is 23.6 Å². The van der Waals surface area contributed by atoms with E-state index in [2.05, 4.69) is 0 Å². The zero-order chi connectivity index (χ0) is 14.0. The minimum absolute atomic E-state index is 0.0214. The largest absolute Gasteiger partial charge is 0.347 e. The molecular formula is C13H15NO5. The average molecular weight is 265 g/mol. The first-order valence-electron chi connectivity index (χ1n) is 5.91. The van der Waals surface area contributed by atoms with Crippen LogP contribution in [0.1, 0.15) is 25.7 Å². The number of hydrogen-bond acceptors (Lipinski definition) is 5. The van der Waals surface area contributed by atoms with E-state index in [1.807, 2.05) is 0 Å². The predicted octanol–water partition coefficient (Wildman–Crippen LogP) is 2.24. The maximum atomic E-state index is 11.4. The van der Waals surface area contributed by atoms with Gasteiger partial charge in [0, 0.05) is 17.7 Å². The molecule has 0 atom stereocenters. The Labute approximate surface area is 110 Å². The van der Waals surface area contributed by atoms with Crippen molar-refractivity contribution in [2.45, 2.75) is 20.1 Å². The van der Waals surface area contributed by atoms with Gasteiger partial charge in [-0.15, -0.1) is 0 Å². The smallest absolute Gasteiger partial charge is 0.269 e. The number of carbonyl (C=O) groups excluding carboxylic acids is 1. The summed E-state index contributed by atoms with van der Waals surface area (Å²) in [5.74, 6) is 0.0228. The first kappa shape index (κ1) is 13.6. The van der Waals surface area contributed by atoms with Crippen LogP contribution in [0.15, 0.2) is 24.3 Å². The number of carbonyl (C=O) groups is 1. The summed E-state index contributed by atoms with van der Waals surface area (Å²) < 4.78 is 11.1. The Bertz CT molecular complexity index is 488. The van der Waals surface area contributed by atoms with Crippen LogP contribution in [0.3, 0.4) is 0 Å². The average Bonchev–Trinajstić information content (AvgIpc) is 2.39. The third-order valence-corrected chi connectivity index (χ3v) is 3.33. The molecule has 19 heavy (non-hydrogen) atoms. The van der Waals surface area contributed by atoms with Crippen LogP contribution in [0, 0.1) is 15.5 Å². The number of nitro groups is 1. The Balaban J connectivity index is 2.05. The second kappa shape index (κ2) is 5.07. The van der Waals surface area contributed by atoms with Crippen LogP contribution in [0.5, 0.6) is 0 Å². The fourth-order valence-electron chi connectivity index (χ4n) is 1.76. The van der Waals surface area contributed by atoms with Gasteiger partial charge in [0.15, 0.2) is 6.29 Å². The number of non-ortho nitro benzene ring substituents is 1. The molecule has 0 radical (unpaired) electrons. The molecule has 6 nitrogen and oxygen atoms in total. The van der Waals surface area contributed by atoms with Gasteiger partial charge in [-0.05, 0) is 26.0 Å². The second-order valence-electron chi connectivity index (χ2n) is 4.92. The molecule has 102 valence electrons. The van der Waals surface area contributed by atoms with E-state index in [0.717, 1.165) is 0 Å². The van der Waals surface area contributed by atoms with Crippen molar-refractivity contribution in [2.24, 2.45) is 5.41 Å². The van der Waals surface area contributed by atoms with E-state index in [0.29, 0.717) is 5.56 Å². The minimum Gasteiger partial charge on any atom is -0.347 e. The fourth-order valence-corrected chi connectivity index (χ4v) is 1.76. The molecule has 0 saturated carbocycles. The van der Waals surface area contributed by atoms with E-state index in [4.69, 9.17) is 9.47 Å². The summed E-state index contributed by atoms with van der Waals surface area (Å²) in [5, 5.41) is 10.6. The highest BCUT2D eigenvalue weighted by Gasteiger charge is 2.37. The van der Waals surface area contributed by atoms with Crippen molar-refractivity contribution in [1.82, 2.24) is 0 Å². The lowest BCUT2D eigenvalue weighted by Crippen LogP contribution is -2.41. The van der Waals surface area contributed by atoms with E-state index in [1.54, 1.807) is 19.1 Å². The molecule has 0 spiro atoms. The van der Waals surface area contributed by atoms with Crippen molar-refractivity contribution in [2.75, 3.05) is 13.2 Å². The van der Waals surface area contributed by atoms with E-state index in [1.165, 1.54) is 19.1 Å². The highest BCUT2D eigenvalue weighted by atomic mass is 16.7. The maximum Gasteiger partial charge on any atom is 0.269 e. The lowest BCUT2D eigenvalue weighted by atomic mass is 9.88. The van der Waals surface area contributed by atoms with Gasteiger partial charge in [-0.25, -0.2) is 0 Å². The number of ketones is 1. The van der Waals surface area contributed by atoms with Crippen molar-refractivity contribution in [3.8, 4) is 0 Å². The molecule has 6 heteroatoms. The Morgan fingerprint density at radius 3 is 2.26 bits per heavy atom. The van der Waals surface area contributed by atoms with Crippen molar-refractivity contribution in [3.63, 3.8) is 0 Å². The van der Waals surface area contributed by atoms with Gasteiger partial charge in [-0.2, -0.15) is 0 Å². The maximum absolute atomic E-state index is 11.4. The number of hydrogen-bond donors (Lipinski definition) is 0. The van der Waals surface area contributed by atoms with Crippen LogP contribution >= 0.6 is 0 Å². The summed E-state index contributed by atoms with van der Waals surface area (Å²) in [6.45, 7) is 3.87. The Hall–Kier alpha value is -1.79. The molecule has 0 aliphatic carbocycles. The van der Waals surface area contributed by atoms with Crippen molar-refractivity contribution < 1.29 is 19.2 Å². The van der Waals surface area contributed by atoms with Crippen LogP contribution in [0.25, 0.3) is 0 Å². The zero-order valence-corrected chi connectivity index (χ0v) is 10.8. The van der Waals surface area contributed by atoms with E-state index < -0.39 is 16.6 Å². The number of rotatable bonds is 3. The predicted molar refractivity (Wildman–Crippen MR) is 66.5 cm³/mol. The van der Waals surface area contributed by atoms with Gasteiger partial charge in [-0.1, -0.05) is 0 Å². The number of nitro benzene ring substituents is 1. The van der Waals surface area contributed by atoms with Crippen LogP contribution in [-0.2, 0) is 14.3 Å². The van der Waals surface area contributed by atoms with Crippen LogP contribution in [0.2, 0.25) is 0 Å². The molecule has 1 aliphatic heterocycles. The highest BCUT2D eigenvalue weighted by molar-refractivity contribution is 5.82. The lowest BCUT2D eigenvalue weighted by Gasteiger charge is -2.35. The van der Waals surface area contributed by atoms with Crippen molar-refractivity contribution in [1.29, 1.82) is 0 Å². The molecule has 0 bridgehead atoms. The zero-order valence-electron chi connectivity index (χ0n) is 10.8. The molecule has 1 aromatic carbocycles. The SMILES string of the molecule is CC(=O)C1(C)COC(c2ccc([N+](=O)[O-])cc2)OC1. The van der Waals surface area contributed by atoms with Gasteiger partial charge < -0.3 is 9.47 Å². The standard InChI is InChI=1S/C13H15NO5/c1-9(15)13(2)7-18-12(19-8-13)10-3-5-11(6-4-10)14(16)17/h3-6,12H,7-8H2,1-2H3. The van der Waals surface area contributed by atoms with Gasteiger partial charge in [0.2, 0.25) is 0 Å².